The van der Waals surface area contributed by atoms with Gasteiger partial charge in [0.25, 0.3) is 0 Å². The van der Waals surface area contributed by atoms with Crippen molar-refractivity contribution in [3.63, 3.8) is 0 Å². The minimum Gasteiger partial charge on any atom is -0.487 e. The maximum absolute atomic E-state index is 13.6. The molecule has 1 aromatic rings. The molecule has 0 aromatic heterocycles. The molecule has 0 saturated heterocycles. The molecule has 0 radical (unpaired) electrons. The number of nitriles is 1. The van der Waals surface area contributed by atoms with E-state index in [1.807, 2.05) is 0 Å². The Kier molecular flexibility index (Phi) is 3.48. The van der Waals surface area contributed by atoms with Crippen molar-refractivity contribution in [1.29, 1.82) is 5.26 Å². The van der Waals surface area contributed by atoms with Gasteiger partial charge in [0, 0.05) is 18.4 Å². The van der Waals surface area contributed by atoms with E-state index >= 15 is 0 Å². The van der Waals surface area contributed by atoms with Crippen LogP contribution in [0.5, 0.6) is 5.75 Å². The van der Waals surface area contributed by atoms with Gasteiger partial charge in [-0.3, -0.25) is 0 Å². The normalized spacial score (nSPS) is 16.1. The van der Waals surface area contributed by atoms with Crippen LogP contribution in [0.1, 0.15) is 24.8 Å². The highest BCUT2D eigenvalue weighted by molar-refractivity contribution is 5.31. The minimum absolute atomic E-state index is 0.0759. The number of nitrogens with two attached hydrogens (primary N) is 1. The van der Waals surface area contributed by atoms with Crippen LogP contribution in [0.3, 0.4) is 0 Å². The van der Waals surface area contributed by atoms with Crippen LogP contribution >= 0.6 is 0 Å². The summed E-state index contributed by atoms with van der Waals surface area (Å²) < 4.78 is 32.4. The van der Waals surface area contributed by atoms with Crippen LogP contribution in [0.15, 0.2) is 12.1 Å². The largest absolute Gasteiger partial charge is 0.487 e. The zero-order chi connectivity index (χ0) is 13.2. The maximum atomic E-state index is 13.6. The first-order valence-electron chi connectivity index (χ1n) is 5.78. The lowest BCUT2D eigenvalue weighted by atomic mass is 10.1. The highest BCUT2D eigenvalue weighted by atomic mass is 19.1. The molecule has 96 valence electrons. The van der Waals surface area contributed by atoms with Gasteiger partial charge in [-0.2, -0.15) is 5.26 Å². The quantitative estimate of drug-likeness (QED) is 0.875. The van der Waals surface area contributed by atoms with E-state index < -0.39 is 11.6 Å². The number of halogens is 2. The molecule has 0 aliphatic heterocycles. The van der Waals surface area contributed by atoms with Gasteiger partial charge in [0.1, 0.15) is 0 Å². The molecule has 1 aliphatic rings. The topological polar surface area (TPSA) is 59.0 Å². The molecule has 1 aromatic carbocycles. The number of nitrogens with zero attached hydrogens (tertiary/aromatic N) is 1. The Morgan fingerprint density at radius 3 is 2.39 bits per heavy atom. The van der Waals surface area contributed by atoms with E-state index in [0.717, 1.165) is 12.8 Å². The molecule has 0 amide bonds. The standard InChI is InChI=1S/C13H14F2N2O/c14-10-5-9(7-17)6-11(15)12(10)18-8-13(1-2-13)3-4-16/h5-6H,1-3,7-8,17H2. The second-order valence-electron chi connectivity index (χ2n) is 4.72. The van der Waals surface area contributed by atoms with Crippen molar-refractivity contribution in [3.05, 3.63) is 29.3 Å². The highest BCUT2D eigenvalue weighted by Crippen LogP contribution is 2.48. The summed E-state index contributed by atoms with van der Waals surface area (Å²) in [6.07, 6.45) is 2.09. The zero-order valence-electron chi connectivity index (χ0n) is 9.88. The molecule has 1 aliphatic carbocycles. The van der Waals surface area contributed by atoms with Crippen LogP contribution in [-0.2, 0) is 6.54 Å². The molecule has 0 atom stereocenters. The van der Waals surface area contributed by atoms with Crippen molar-refractivity contribution in [2.45, 2.75) is 25.8 Å². The number of hydrogen-bond donors (Lipinski definition) is 1. The van der Waals surface area contributed by atoms with Gasteiger partial charge in [-0.05, 0) is 30.5 Å². The first-order valence-corrected chi connectivity index (χ1v) is 5.78. The van der Waals surface area contributed by atoms with Gasteiger partial charge in [-0.25, -0.2) is 8.78 Å². The third-order valence-electron chi connectivity index (χ3n) is 3.23. The van der Waals surface area contributed by atoms with E-state index in [0.29, 0.717) is 12.0 Å². The molecule has 3 nitrogen and oxygen atoms in total. The molecular weight excluding hydrogens is 238 g/mol. The summed E-state index contributed by atoms with van der Waals surface area (Å²) in [7, 11) is 0. The Morgan fingerprint density at radius 2 is 1.94 bits per heavy atom. The number of benzene rings is 1. The monoisotopic (exact) mass is 252 g/mol. The first-order chi connectivity index (χ1) is 8.60. The fourth-order valence-corrected chi connectivity index (χ4v) is 1.81. The van der Waals surface area contributed by atoms with Crippen LogP contribution in [-0.4, -0.2) is 6.61 Å². The fraction of sp³-hybridized carbons (Fsp3) is 0.462. The van der Waals surface area contributed by atoms with Crippen LogP contribution in [0.4, 0.5) is 8.78 Å². The van der Waals surface area contributed by atoms with E-state index in [9.17, 15) is 8.78 Å². The Hall–Kier alpha value is -1.67. The smallest absolute Gasteiger partial charge is 0.190 e. The molecule has 0 heterocycles. The van der Waals surface area contributed by atoms with Gasteiger partial charge in [-0.1, -0.05) is 0 Å². The predicted octanol–water partition coefficient (Wildman–Crippen LogP) is 2.50. The average molecular weight is 252 g/mol. The lowest BCUT2D eigenvalue weighted by Gasteiger charge is -2.14. The SMILES string of the molecule is N#CCC1(COc2c(F)cc(CN)cc2F)CC1. The van der Waals surface area contributed by atoms with Crippen molar-refractivity contribution in [1.82, 2.24) is 0 Å². The third kappa shape index (κ3) is 2.59. The summed E-state index contributed by atoms with van der Waals surface area (Å²) in [6.45, 7) is 0.253. The van der Waals surface area contributed by atoms with Crippen molar-refractivity contribution in [2.75, 3.05) is 6.61 Å². The Morgan fingerprint density at radius 1 is 1.33 bits per heavy atom. The van der Waals surface area contributed by atoms with E-state index in [1.54, 1.807) is 0 Å². The number of ether oxygens (including phenoxy) is 1. The highest BCUT2D eigenvalue weighted by Gasteiger charge is 2.43. The van der Waals surface area contributed by atoms with Crippen molar-refractivity contribution < 1.29 is 13.5 Å². The average Bonchev–Trinajstić information content (AvgIpc) is 3.08. The molecule has 0 bridgehead atoms. The predicted molar refractivity (Wildman–Crippen MR) is 61.6 cm³/mol. The summed E-state index contributed by atoms with van der Waals surface area (Å²) in [4.78, 5) is 0. The summed E-state index contributed by atoms with van der Waals surface area (Å²) in [5, 5.41) is 8.65. The molecule has 5 heteroatoms. The van der Waals surface area contributed by atoms with Crippen molar-refractivity contribution in [2.24, 2.45) is 11.1 Å². The molecule has 18 heavy (non-hydrogen) atoms. The minimum atomic E-state index is -0.747. The Bertz CT molecular complexity index is 469. The molecule has 1 saturated carbocycles. The molecule has 1 fully saturated rings. The maximum Gasteiger partial charge on any atom is 0.190 e. The zero-order valence-corrected chi connectivity index (χ0v) is 9.88. The summed E-state index contributed by atoms with van der Waals surface area (Å²) >= 11 is 0. The molecule has 0 spiro atoms. The lowest BCUT2D eigenvalue weighted by molar-refractivity contribution is 0.218. The van der Waals surface area contributed by atoms with Crippen LogP contribution in [0.2, 0.25) is 0 Å². The van der Waals surface area contributed by atoms with Gasteiger partial charge >= 0.3 is 0 Å². The molecular formula is C13H14F2N2O. The van der Waals surface area contributed by atoms with E-state index in [4.69, 9.17) is 15.7 Å². The van der Waals surface area contributed by atoms with Gasteiger partial charge in [-0.15, -0.1) is 0 Å². The number of hydrogen-bond acceptors (Lipinski definition) is 3. The third-order valence-corrected chi connectivity index (χ3v) is 3.23. The summed E-state index contributed by atoms with van der Waals surface area (Å²) in [5.41, 5.74) is 5.50. The van der Waals surface area contributed by atoms with E-state index in [-0.39, 0.29) is 24.3 Å². The number of rotatable bonds is 5. The van der Waals surface area contributed by atoms with Crippen LogP contribution in [0, 0.1) is 28.4 Å². The van der Waals surface area contributed by atoms with Crippen LogP contribution in [0.25, 0.3) is 0 Å². The lowest BCUT2D eigenvalue weighted by Crippen LogP contribution is -2.14. The Labute approximate surface area is 104 Å². The molecule has 0 unspecified atom stereocenters. The van der Waals surface area contributed by atoms with Gasteiger partial charge in [0.15, 0.2) is 17.4 Å². The summed E-state index contributed by atoms with van der Waals surface area (Å²) in [5.74, 6) is -1.87. The van der Waals surface area contributed by atoms with Crippen molar-refractivity contribution in [3.8, 4) is 11.8 Å². The fourth-order valence-electron chi connectivity index (χ4n) is 1.81. The van der Waals surface area contributed by atoms with E-state index in [2.05, 4.69) is 6.07 Å². The van der Waals surface area contributed by atoms with Gasteiger partial charge < -0.3 is 10.5 Å². The van der Waals surface area contributed by atoms with Crippen LogP contribution < -0.4 is 10.5 Å². The van der Waals surface area contributed by atoms with Gasteiger partial charge in [0.05, 0.1) is 12.7 Å². The van der Waals surface area contributed by atoms with E-state index in [1.165, 1.54) is 12.1 Å². The second-order valence-corrected chi connectivity index (χ2v) is 4.72. The summed E-state index contributed by atoms with van der Waals surface area (Å²) in [6, 6.07) is 4.41. The molecule has 2 N–H and O–H groups in total. The first kappa shape index (κ1) is 12.8. The van der Waals surface area contributed by atoms with Gasteiger partial charge in [0.2, 0.25) is 0 Å². The molecule has 2 rings (SSSR count). The van der Waals surface area contributed by atoms with Crippen molar-refractivity contribution >= 4 is 0 Å². The second kappa shape index (κ2) is 4.91. The Balaban J connectivity index is 2.08.